The van der Waals surface area contributed by atoms with E-state index in [2.05, 4.69) is 15.6 Å². The van der Waals surface area contributed by atoms with Gasteiger partial charge >= 0.3 is 0 Å². The second-order valence-electron chi connectivity index (χ2n) is 4.51. The third-order valence-corrected chi connectivity index (χ3v) is 3.14. The van der Waals surface area contributed by atoms with Crippen molar-refractivity contribution >= 4 is 28.8 Å². The van der Waals surface area contributed by atoms with Gasteiger partial charge in [-0.05, 0) is 24.6 Å². The number of nitrogens with one attached hydrogen (secondary N) is 2. The van der Waals surface area contributed by atoms with E-state index < -0.39 is 11.9 Å². The lowest BCUT2D eigenvalue weighted by atomic mass is 10.1. The molecule has 1 saturated heterocycles. The van der Waals surface area contributed by atoms with Crippen LogP contribution in [0.2, 0.25) is 0 Å². The van der Waals surface area contributed by atoms with Crippen LogP contribution in [-0.2, 0) is 9.59 Å². The number of benzene rings is 1. The molecule has 0 aliphatic carbocycles. The van der Waals surface area contributed by atoms with Crippen molar-refractivity contribution in [1.82, 2.24) is 15.6 Å². The number of aromatic nitrogens is 1. The zero-order valence-electron chi connectivity index (χ0n) is 10.4. The molecule has 7 heteroatoms. The summed E-state index contributed by atoms with van der Waals surface area (Å²) in [6.07, 6.45) is 1.83. The van der Waals surface area contributed by atoms with Crippen molar-refractivity contribution in [3.8, 4) is 0 Å². The van der Waals surface area contributed by atoms with E-state index in [0.717, 1.165) is 0 Å². The molecule has 1 aliphatic rings. The van der Waals surface area contributed by atoms with Gasteiger partial charge in [0.15, 0.2) is 12.0 Å². The van der Waals surface area contributed by atoms with E-state index in [1.165, 1.54) is 6.39 Å². The van der Waals surface area contributed by atoms with Crippen LogP contribution in [0.5, 0.6) is 0 Å². The highest BCUT2D eigenvalue weighted by atomic mass is 16.3. The molecular formula is C13H11N3O4. The van der Waals surface area contributed by atoms with E-state index in [9.17, 15) is 14.4 Å². The Hall–Kier alpha value is -2.70. The van der Waals surface area contributed by atoms with Gasteiger partial charge in [-0.1, -0.05) is 0 Å². The molecule has 102 valence electrons. The first-order valence-corrected chi connectivity index (χ1v) is 6.11. The average molecular weight is 273 g/mol. The van der Waals surface area contributed by atoms with Crippen LogP contribution < -0.4 is 10.6 Å². The maximum absolute atomic E-state index is 12.1. The number of carbonyl (C=O) groups is 3. The predicted octanol–water partition coefficient (Wildman–Crippen LogP) is 0.363. The first-order valence-electron chi connectivity index (χ1n) is 6.11. The van der Waals surface area contributed by atoms with E-state index in [4.69, 9.17) is 4.42 Å². The molecule has 2 N–H and O–H groups in total. The number of carbonyl (C=O) groups excluding carboxylic acids is 3. The van der Waals surface area contributed by atoms with Gasteiger partial charge in [0.05, 0.1) is 0 Å². The third kappa shape index (κ3) is 2.25. The molecule has 1 unspecified atom stereocenters. The summed E-state index contributed by atoms with van der Waals surface area (Å²) in [5.41, 5.74) is 1.54. The molecule has 2 heterocycles. The van der Waals surface area contributed by atoms with Gasteiger partial charge in [0.25, 0.3) is 5.91 Å². The minimum Gasteiger partial charge on any atom is -0.443 e. The van der Waals surface area contributed by atoms with Crippen LogP contribution in [0.4, 0.5) is 0 Å². The summed E-state index contributed by atoms with van der Waals surface area (Å²) in [6.45, 7) is 0. The van der Waals surface area contributed by atoms with E-state index in [0.29, 0.717) is 23.1 Å². The van der Waals surface area contributed by atoms with Crippen molar-refractivity contribution in [2.45, 2.75) is 18.9 Å². The van der Waals surface area contributed by atoms with Gasteiger partial charge < -0.3 is 9.73 Å². The smallest absolute Gasteiger partial charge is 0.252 e. The second-order valence-corrected chi connectivity index (χ2v) is 4.51. The molecule has 0 radical (unpaired) electrons. The lowest BCUT2D eigenvalue weighted by Crippen LogP contribution is -2.52. The van der Waals surface area contributed by atoms with Gasteiger partial charge in [-0.25, -0.2) is 4.98 Å². The number of oxazole rings is 1. The quantitative estimate of drug-likeness (QED) is 0.769. The van der Waals surface area contributed by atoms with Gasteiger partial charge in [-0.15, -0.1) is 0 Å². The van der Waals surface area contributed by atoms with Crippen molar-refractivity contribution in [1.29, 1.82) is 0 Å². The van der Waals surface area contributed by atoms with Gasteiger partial charge in [0, 0.05) is 12.0 Å². The molecule has 1 atom stereocenters. The Bertz CT molecular complexity index is 706. The first-order chi connectivity index (χ1) is 9.63. The zero-order chi connectivity index (χ0) is 14.1. The Labute approximate surface area is 113 Å². The molecule has 0 spiro atoms. The van der Waals surface area contributed by atoms with E-state index in [-0.39, 0.29) is 18.2 Å². The van der Waals surface area contributed by atoms with Crippen molar-refractivity contribution < 1.29 is 18.8 Å². The summed E-state index contributed by atoms with van der Waals surface area (Å²) < 4.78 is 5.09. The standard InChI is InChI=1S/C13H11N3O4/c17-11-4-2-8(13(19)16-11)15-12(18)7-1-3-10-9(5-7)14-6-20-10/h1,3,5-6,8H,2,4H2,(H,15,18)(H,16,17,19). The minimum atomic E-state index is -0.687. The highest BCUT2D eigenvalue weighted by molar-refractivity contribution is 6.04. The Balaban J connectivity index is 1.75. The fourth-order valence-corrected chi connectivity index (χ4v) is 2.07. The topological polar surface area (TPSA) is 101 Å². The zero-order valence-corrected chi connectivity index (χ0v) is 10.4. The lowest BCUT2D eigenvalue weighted by molar-refractivity contribution is -0.134. The molecule has 20 heavy (non-hydrogen) atoms. The van der Waals surface area contributed by atoms with Gasteiger partial charge in [0.2, 0.25) is 11.8 Å². The van der Waals surface area contributed by atoms with E-state index in [1.54, 1.807) is 18.2 Å². The first kappa shape index (κ1) is 12.3. The normalized spacial score (nSPS) is 18.9. The summed E-state index contributed by atoms with van der Waals surface area (Å²) in [7, 11) is 0. The molecule has 1 fully saturated rings. The van der Waals surface area contributed by atoms with E-state index >= 15 is 0 Å². The van der Waals surface area contributed by atoms with E-state index in [1.807, 2.05) is 0 Å². The number of fused-ring (bicyclic) bond motifs is 1. The molecule has 1 aliphatic heterocycles. The number of hydrogen-bond donors (Lipinski definition) is 2. The lowest BCUT2D eigenvalue weighted by Gasteiger charge is -2.21. The van der Waals surface area contributed by atoms with Crippen LogP contribution in [0.15, 0.2) is 29.0 Å². The van der Waals surface area contributed by atoms with Gasteiger partial charge in [0.1, 0.15) is 11.6 Å². The van der Waals surface area contributed by atoms with Crippen molar-refractivity contribution in [3.05, 3.63) is 30.2 Å². The van der Waals surface area contributed by atoms with Crippen molar-refractivity contribution in [2.75, 3.05) is 0 Å². The Kier molecular flexibility index (Phi) is 2.94. The largest absolute Gasteiger partial charge is 0.443 e. The van der Waals surface area contributed by atoms with Crippen molar-refractivity contribution in [2.24, 2.45) is 0 Å². The second kappa shape index (κ2) is 4.76. The van der Waals surface area contributed by atoms with Crippen LogP contribution in [0.25, 0.3) is 11.1 Å². The fourth-order valence-electron chi connectivity index (χ4n) is 2.07. The molecule has 1 aromatic carbocycles. The van der Waals surface area contributed by atoms with Crippen LogP contribution in [-0.4, -0.2) is 28.7 Å². The maximum Gasteiger partial charge on any atom is 0.252 e. The third-order valence-electron chi connectivity index (χ3n) is 3.14. The highest BCUT2D eigenvalue weighted by Crippen LogP contribution is 2.14. The summed E-state index contributed by atoms with van der Waals surface area (Å²) in [6, 6.07) is 4.13. The minimum absolute atomic E-state index is 0.221. The Morgan fingerprint density at radius 3 is 3.05 bits per heavy atom. The van der Waals surface area contributed by atoms with Gasteiger partial charge in [-0.2, -0.15) is 0 Å². The molecule has 2 aromatic rings. The number of nitrogens with zero attached hydrogens (tertiary/aromatic N) is 1. The summed E-state index contributed by atoms with van der Waals surface area (Å²) >= 11 is 0. The monoisotopic (exact) mass is 273 g/mol. The van der Waals surface area contributed by atoms with Gasteiger partial charge in [-0.3, -0.25) is 19.7 Å². The number of hydrogen-bond acceptors (Lipinski definition) is 5. The summed E-state index contributed by atoms with van der Waals surface area (Å²) in [4.78, 5) is 38.6. The molecule has 7 nitrogen and oxygen atoms in total. The molecule has 0 bridgehead atoms. The number of rotatable bonds is 2. The number of imide groups is 1. The van der Waals surface area contributed by atoms with Crippen LogP contribution in [0, 0.1) is 0 Å². The number of amides is 3. The van der Waals surface area contributed by atoms with Crippen LogP contribution >= 0.6 is 0 Å². The Morgan fingerprint density at radius 1 is 1.40 bits per heavy atom. The molecular weight excluding hydrogens is 262 g/mol. The van der Waals surface area contributed by atoms with Crippen LogP contribution in [0.1, 0.15) is 23.2 Å². The molecule has 3 amide bonds. The predicted molar refractivity (Wildman–Crippen MR) is 67.6 cm³/mol. The summed E-state index contributed by atoms with van der Waals surface area (Å²) in [5, 5.41) is 4.79. The molecule has 3 rings (SSSR count). The fraction of sp³-hybridized carbons (Fsp3) is 0.231. The van der Waals surface area contributed by atoms with Crippen LogP contribution in [0.3, 0.4) is 0 Å². The highest BCUT2D eigenvalue weighted by Gasteiger charge is 2.28. The number of piperidine rings is 1. The molecule has 0 saturated carbocycles. The molecule has 1 aromatic heterocycles. The summed E-state index contributed by atoms with van der Waals surface area (Å²) in [5.74, 6) is -1.17. The van der Waals surface area contributed by atoms with Crippen molar-refractivity contribution in [3.63, 3.8) is 0 Å². The Morgan fingerprint density at radius 2 is 2.25 bits per heavy atom. The maximum atomic E-state index is 12.1. The SMILES string of the molecule is O=C1CCC(NC(=O)c2ccc3ocnc3c2)C(=O)N1. The average Bonchev–Trinajstić information content (AvgIpc) is 2.89.